The zero-order valence-electron chi connectivity index (χ0n) is 24.6. The number of benzene rings is 4. The van der Waals surface area contributed by atoms with Crippen LogP contribution in [-0.4, -0.2) is 42.0 Å². The number of ether oxygens (including phenoxy) is 4. The summed E-state index contributed by atoms with van der Waals surface area (Å²) in [5.74, 6) is 1.44. The first-order valence-corrected chi connectivity index (χ1v) is 14.3. The third-order valence-corrected chi connectivity index (χ3v) is 7.56. The number of nitriles is 1. The van der Waals surface area contributed by atoms with Gasteiger partial charge in [-0.2, -0.15) is 5.26 Å². The van der Waals surface area contributed by atoms with Crippen LogP contribution in [0.15, 0.2) is 72.8 Å². The second-order valence-corrected chi connectivity index (χ2v) is 10.5. The van der Waals surface area contributed by atoms with Gasteiger partial charge in [0.2, 0.25) is 0 Å². The van der Waals surface area contributed by atoms with Gasteiger partial charge >= 0.3 is 5.97 Å². The molecular weight excluding hydrogens is 560 g/mol. The first kappa shape index (κ1) is 30.4. The van der Waals surface area contributed by atoms with Gasteiger partial charge < -0.3 is 29.2 Å². The van der Waals surface area contributed by atoms with Crippen LogP contribution >= 0.6 is 0 Å². The molecule has 0 saturated heterocycles. The molecule has 44 heavy (non-hydrogen) atoms. The van der Waals surface area contributed by atoms with Crippen molar-refractivity contribution in [2.24, 2.45) is 0 Å². The van der Waals surface area contributed by atoms with Gasteiger partial charge in [0.05, 0.1) is 18.2 Å². The number of carboxylic acids is 1. The molecule has 1 unspecified atom stereocenters. The van der Waals surface area contributed by atoms with E-state index in [0.29, 0.717) is 36.9 Å². The number of aliphatic hydroxyl groups excluding tert-OH is 1. The summed E-state index contributed by atoms with van der Waals surface area (Å²) in [5.41, 5.74) is 7.12. The Labute approximate surface area is 256 Å². The predicted molar refractivity (Wildman–Crippen MR) is 164 cm³/mol. The van der Waals surface area contributed by atoms with E-state index in [1.54, 1.807) is 24.3 Å². The Balaban J connectivity index is 1.37. The van der Waals surface area contributed by atoms with Gasteiger partial charge in [-0.05, 0) is 77.6 Å². The molecule has 5 rings (SSSR count). The minimum Gasteiger partial charge on any atom is -0.489 e. The molecular formula is C35H34N2O7. The summed E-state index contributed by atoms with van der Waals surface area (Å²) >= 11 is 0. The minimum atomic E-state index is -1.14. The topological polar surface area (TPSA) is 130 Å². The molecule has 1 aliphatic heterocycles. The lowest BCUT2D eigenvalue weighted by Gasteiger charge is -2.20. The normalized spacial score (nSPS) is 12.7. The fraction of sp³-hybridized carbons (Fsp3) is 0.257. The Hall–Kier alpha value is -5.04. The number of carboxylic acid groups (broad SMARTS) is 1. The number of hydrogen-bond donors (Lipinski definition) is 3. The number of nitrogens with one attached hydrogen (secondary N) is 1. The van der Waals surface area contributed by atoms with E-state index >= 15 is 0 Å². The molecule has 0 bridgehead atoms. The first-order chi connectivity index (χ1) is 21.4. The van der Waals surface area contributed by atoms with Gasteiger partial charge in [0.1, 0.15) is 44.0 Å². The molecule has 0 saturated carbocycles. The molecule has 3 N–H and O–H groups in total. The molecule has 4 aromatic rings. The Morgan fingerprint density at radius 1 is 0.977 bits per heavy atom. The molecule has 226 valence electrons. The van der Waals surface area contributed by atoms with E-state index in [-0.39, 0.29) is 13.2 Å². The molecule has 0 aliphatic carbocycles. The van der Waals surface area contributed by atoms with Crippen molar-refractivity contribution in [1.82, 2.24) is 5.32 Å². The van der Waals surface area contributed by atoms with Crippen molar-refractivity contribution in [2.75, 3.05) is 19.8 Å². The van der Waals surface area contributed by atoms with E-state index in [4.69, 9.17) is 18.9 Å². The van der Waals surface area contributed by atoms with Crippen LogP contribution in [0.1, 0.15) is 33.4 Å². The van der Waals surface area contributed by atoms with Gasteiger partial charge in [-0.25, -0.2) is 0 Å². The second-order valence-electron chi connectivity index (χ2n) is 10.5. The first-order valence-electron chi connectivity index (χ1n) is 14.3. The Morgan fingerprint density at radius 3 is 2.55 bits per heavy atom. The molecule has 1 aliphatic rings. The summed E-state index contributed by atoms with van der Waals surface area (Å²) in [4.78, 5) is 11.5. The lowest BCUT2D eigenvalue weighted by Crippen LogP contribution is -2.39. The highest BCUT2D eigenvalue weighted by Gasteiger charge is 2.19. The molecule has 1 heterocycles. The summed E-state index contributed by atoms with van der Waals surface area (Å²) in [5, 5.41) is 31.0. The predicted octanol–water partition coefficient (Wildman–Crippen LogP) is 5.31. The van der Waals surface area contributed by atoms with Crippen LogP contribution in [0.25, 0.3) is 11.1 Å². The monoisotopic (exact) mass is 594 g/mol. The van der Waals surface area contributed by atoms with E-state index in [2.05, 4.69) is 24.4 Å². The average molecular weight is 595 g/mol. The van der Waals surface area contributed by atoms with Crippen molar-refractivity contribution >= 4 is 5.97 Å². The Bertz CT molecular complexity index is 1700. The van der Waals surface area contributed by atoms with E-state index in [1.165, 1.54) is 0 Å². The second kappa shape index (κ2) is 14.0. The number of hydrogen-bond acceptors (Lipinski definition) is 8. The maximum absolute atomic E-state index is 11.5. The standard InChI is InChI=1S/C35H34N2O7/c1-22-13-28(43-21-27-7-4-8-29(23(27)2)26-9-10-32-34(15-26)42-12-11-41-32)16-33(30(22)18-37-31(19-38)35(39)40)44-20-25-6-3-5-24(14-25)17-36/h3-10,13-16,31,37-38H,11-12,18-21H2,1-2H3,(H,39,40). The van der Waals surface area contributed by atoms with Crippen LogP contribution in [0.5, 0.6) is 23.0 Å². The molecule has 0 fully saturated rings. The van der Waals surface area contributed by atoms with E-state index in [9.17, 15) is 20.3 Å². The summed E-state index contributed by atoms with van der Waals surface area (Å²) < 4.78 is 23.9. The quantitative estimate of drug-likeness (QED) is 0.200. The SMILES string of the molecule is Cc1cc(OCc2cccc(-c3ccc4c(c3)OCCO4)c2C)cc(OCc2cccc(C#N)c2)c1CNC(CO)C(=O)O. The maximum Gasteiger partial charge on any atom is 0.323 e. The summed E-state index contributed by atoms with van der Waals surface area (Å²) in [6.45, 7) is 5.16. The van der Waals surface area contributed by atoms with Crippen LogP contribution < -0.4 is 24.3 Å². The van der Waals surface area contributed by atoms with Crippen molar-refractivity contribution in [3.63, 3.8) is 0 Å². The number of carbonyl (C=O) groups is 1. The molecule has 0 radical (unpaired) electrons. The highest BCUT2D eigenvalue weighted by atomic mass is 16.6. The number of rotatable bonds is 12. The van der Waals surface area contributed by atoms with Gasteiger partial charge in [-0.3, -0.25) is 10.1 Å². The molecule has 0 aromatic heterocycles. The fourth-order valence-corrected chi connectivity index (χ4v) is 5.06. The van der Waals surface area contributed by atoms with Crippen molar-refractivity contribution < 1.29 is 34.0 Å². The van der Waals surface area contributed by atoms with E-state index in [1.807, 2.05) is 49.4 Å². The van der Waals surface area contributed by atoms with Gasteiger partial charge in [-0.15, -0.1) is 0 Å². The van der Waals surface area contributed by atoms with Crippen LogP contribution in [0, 0.1) is 25.2 Å². The van der Waals surface area contributed by atoms with Crippen molar-refractivity contribution in [3.05, 3.63) is 106 Å². The van der Waals surface area contributed by atoms with Crippen molar-refractivity contribution in [2.45, 2.75) is 39.6 Å². The van der Waals surface area contributed by atoms with Crippen LogP contribution in [0.3, 0.4) is 0 Å². The zero-order valence-corrected chi connectivity index (χ0v) is 24.6. The number of nitrogens with zero attached hydrogens (tertiary/aromatic N) is 1. The minimum absolute atomic E-state index is 0.161. The highest BCUT2D eigenvalue weighted by Crippen LogP contribution is 2.36. The Morgan fingerprint density at radius 2 is 1.77 bits per heavy atom. The smallest absolute Gasteiger partial charge is 0.323 e. The highest BCUT2D eigenvalue weighted by molar-refractivity contribution is 5.73. The summed E-state index contributed by atoms with van der Waals surface area (Å²) in [7, 11) is 0. The molecule has 9 nitrogen and oxygen atoms in total. The van der Waals surface area contributed by atoms with Gasteiger partial charge in [0, 0.05) is 18.2 Å². The van der Waals surface area contributed by atoms with Gasteiger partial charge in [-0.1, -0.05) is 36.4 Å². The summed E-state index contributed by atoms with van der Waals surface area (Å²) in [6, 6.07) is 23.9. The third-order valence-electron chi connectivity index (χ3n) is 7.56. The van der Waals surface area contributed by atoms with Gasteiger partial charge in [0.25, 0.3) is 0 Å². The molecule has 1 atom stereocenters. The van der Waals surface area contributed by atoms with Crippen LogP contribution in [0.2, 0.25) is 0 Å². The molecule has 9 heteroatoms. The van der Waals surface area contributed by atoms with Crippen molar-refractivity contribution in [3.8, 4) is 40.2 Å². The van der Waals surface area contributed by atoms with E-state index in [0.717, 1.165) is 50.4 Å². The van der Waals surface area contributed by atoms with Crippen LogP contribution in [-0.2, 0) is 24.6 Å². The number of aliphatic hydroxyl groups is 1. The van der Waals surface area contributed by atoms with Crippen LogP contribution in [0.4, 0.5) is 0 Å². The molecule has 0 spiro atoms. The largest absolute Gasteiger partial charge is 0.489 e. The Kier molecular flexibility index (Phi) is 9.65. The van der Waals surface area contributed by atoms with Gasteiger partial charge in [0.15, 0.2) is 11.5 Å². The lowest BCUT2D eigenvalue weighted by atomic mass is 9.96. The number of fused-ring (bicyclic) bond motifs is 1. The van der Waals surface area contributed by atoms with Crippen molar-refractivity contribution in [1.29, 1.82) is 5.26 Å². The third kappa shape index (κ3) is 7.11. The summed E-state index contributed by atoms with van der Waals surface area (Å²) in [6.07, 6.45) is 0. The average Bonchev–Trinajstić information content (AvgIpc) is 3.04. The number of aryl methyl sites for hydroxylation is 1. The molecule has 0 amide bonds. The lowest BCUT2D eigenvalue weighted by molar-refractivity contribution is -0.140. The zero-order chi connectivity index (χ0) is 31.1. The molecule has 4 aromatic carbocycles. The van der Waals surface area contributed by atoms with E-state index < -0.39 is 18.6 Å². The maximum atomic E-state index is 11.5. The number of aliphatic carboxylic acids is 1. The fourth-order valence-electron chi connectivity index (χ4n) is 5.06.